The van der Waals surface area contributed by atoms with Crippen LogP contribution in [0.25, 0.3) is 10.9 Å². The molecule has 0 spiro atoms. The molecule has 0 aliphatic rings. The van der Waals surface area contributed by atoms with E-state index in [-0.39, 0.29) is 12.1 Å². The number of rotatable bonds is 7. The highest BCUT2D eigenvalue weighted by molar-refractivity contribution is 7.99. The fourth-order valence-electron chi connectivity index (χ4n) is 2.01. The lowest BCUT2D eigenvalue weighted by atomic mass is 9.98. The number of aliphatic hydroxyl groups excluding tert-OH is 1. The number of thioether (sulfide) groups is 1. The van der Waals surface area contributed by atoms with Crippen molar-refractivity contribution in [2.75, 3.05) is 19.4 Å². The summed E-state index contributed by atoms with van der Waals surface area (Å²) in [6.45, 7) is 2.20. The van der Waals surface area contributed by atoms with E-state index in [1.807, 2.05) is 32.2 Å². The Balaban J connectivity index is 1.94. The van der Waals surface area contributed by atoms with Crippen molar-refractivity contribution >= 4 is 22.7 Å². The van der Waals surface area contributed by atoms with Gasteiger partial charge in [-0.25, -0.2) is 9.97 Å². The Morgan fingerprint density at radius 3 is 2.85 bits per heavy atom. The van der Waals surface area contributed by atoms with E-state index in [1.54, 1.807) is 18.1 Å². The summed E-state index contributed by atoms with van der Waals surface area (Å²) in [5.74, 6) is 0.984. The molecule has 108 valence electrons. The van der Waals surface area contributed by atoms with E-state index >= 15 is 0 Å². The second-order valence-corrected chi connectivity index (χ2v) is 6.20. The first-order valence-corrected chi connectivity index (χ1v) is 7.79. The van der Waals surface area contributed by atoms with Crippen molar-refractivity contribution in [3.05, 3.63) is 30.6 Å². The molecule has 2 rings (SSSR count). The Bertz CT molecular complexity index is 552. The zero-order valence-electron chi connectivity index (χ0n) is 12.0. The van der Waals surface area contributed by atoms with Gasteiger partial charge in [-0.2, -0.15) is 0 Å². The zero-order chi connectivity index (χ0) is 14.4. The van der Waals surface area contributed by atoms with Crippen molar-refractivity contribution in [2.45, 2.75) is 30.3 Å². The number of likely N-dealkylation sites (N-methyl/N-ethyl adjacent to an activating group) is 1. The van der Waals surface area contributed by atoms with Gasteiger partial charge in [0, 0.05) is 10.9 Å². The largest absolute Gasteiger partial charge is 0.394 e. The molecule has 1 heterocycles. The van der Waals surface area contributed by atoms with Crippen LogP contribution in [0.1, 0.15) is 19.8 Å². The SMILES string of the molecule is CNC(C)(CO)CCCSc1ncnc2ccccc12. The van der Waals surface area contributed by atoms with Crippen molar-refractivity contribution in [3.63, 3.8) is 0 Å². The Kier molecular flexibility index (Phi) is 5.34. The van der Waals surface area contributed by atoms with Gasteiger partial charge in [0.1, 0.15) is 11.4 Å². The Labute approximate surface area is 124 Å². The summed E-state index contributed by atoms with van der Waals surface area (Å²) >= 11 is 1.75. The molecule has 20 heavy (non-hydrogen) atoms. The highest BCUT2D eigenvalue weighted by Gasteiger charge is 2.19. The third-order valence-corrected chi connectivity index (χ3v) is 4.66. The van der Waals surface area contributed by atoms with Gasteiger partial charge in [-0.3, -0.25) is 0 Å². The second-order valence-electron chi connectivity index (χ2n) is 5.12. The maximum Gasteiger partial charge on any atom is 0.117 e. The van der Waals surface area contributed by atoms with Crippen LogP contribution < -0.4 is 5.32 Å². The van der Waals surface area contributed by atoms with Gasteiger partial charge < -0.3 is 10.4 Å². The highest BCUT2D eigenvalue weighted by Crippen LogP contribution is 2.25. The summed E-state index contributed by atoms with van der Waals surface area (Å²) in [6.07, 6.45) is 3.59. The Morgan fingerprint density at radius 1 is 1.30 bits per heavy atom. The van der Waals surface area contributed by atoms with E-state index in [9.17, 15) is 5.11 Å². The normalized spacial score (nSPS) is 14.3. The number of aromatic nitrogens is 2. The van der Waals surface area contributed by atoms with Gasteiger partial charge in [-0.1, -0.05) is 18.2 Å². The van der Waals surface area contributed by atoms with Crippen LogP contribution in [0.3, 0.4) is 0 Å². The van der Waals surface area contributed by atoms with Crippen molar-refractivity contribution < 1.29 is 5.11 Å². The van der Waals surface area contributed by atoms with Gasteiger partial charge in [0.25, 0.3) is 0 Å². The monoisotopic (exact) mass is 291 g/mol. The van der Waals surface area contributed by atoms with Gasteiger partial charge >= 0.3 is 0 Å². The lowest BCUT2D eigenvalue weighted by Gasteiger charge is -2.26. The third kappa shape index (κ3) is 3.69. The predicted octanol–water partition coefficient (Wildman–Crippen LogP) is 2.47. The summed E-state index contributed by atoms with van der Waals surface area (Å²) in [5, 5.41) is 14.7. The molecule has 0 saturated carbocycles. The molecular weight excluding hydrogens is 270 g/mol. The average molecular weight is 291 g/mol. The van der Waals surface area contributed by atoms with E-state index in [1.165, 1.54) is 0 Å². The standard InChI is InChI=1S/C15H21N3OS/c1-15(10-19,16-2)8-5-9-20-14-12-6-3-4-7-13(12)17-11-18-14/h3-4,6-7,11,16,19H,5,8-10H2,1-2H3. The maximum absolute atomic E-state index is 9.35. The molecule has 1 atom stereocenters. The fourth-order valence-corrected chi connectivity index (χ4v) is 2.94. The van der Waals surface area contributed by atoms with Crippen LogP contribution in [-0.2, 0) is 0 Å². The fraction of sp³-hybridized carbons (Fsp3) is 0.467. The molecule has 1 aromatic heterocycles. The van der Waals surface area contributed by atoms with Gasteiger partial charge in [0.05, 0.1) is 12.1 Å². The molecule has 1 unspecified atom stereocenters. The van der Waals surface area contributed by atoms with Gasteiger partial charge in [0.2, 0.25) is 0 Å². The number of aliphatic hydroxyl groups is 1. The topological polar surface area (TPSA) is 58.0 Å². The molecule has 0 amide bonds. The molecule has 0 aliphatic carbocycles. The summed E-state index contributed by atoms with van der Waals surface area (Å²) in [4.78, 5) is 8.64. The van der Waals surface area contributed by atoms with Gasteiger partial charge in [-0.15, -0.1) is 11.8 Å². The molecule has 2 aromatic rings. The van der Waals surface area contributed by atoms with Crippen LogP contribution >= 0.6 is 11.8 Å². The molecule has 0 fully saturated rings. The molecule has 4 nitrogen and oxygen atoms in total. The van der Waals surface area contributed by atoms with Gasteiger partial charge in [0.15, 0.2) is 0 Å². The smallest absolute Gasteiger partial charge is 0.117 e. The first-order valence-electron chi connectivity index (χ1n) is 6.81. The lowest BCUT2D eigenvalue weighted by molar-refractivity contribution is 0.173. The van der Waals surface area contributed by atoms with Crippen LogP contribution in [0.4, 0.5) is 0 Å². The van der Waals surface area contributed by atoms with Crippen LogP contribution in [0, 0.1) is 0 Å². The number of benzene rings is 1. The number of fused-ring (bicyclic) bond motifs is 1. The summed E-state index contributed by atoms with van der Waals surface area (Å²) in [5.41, 5.74) is 0.800. The first-order chi connectivity index (χ1) is 9.68. The number of hydrogen-bond acceptors (Lipinski definition) is 5. The number of nitrogens with one attached hydrogen (secondary N) is 1. The molecule has 2 N–H and O–H groups in total. The van der Waals surface area contributed by atoms with E-state index in [2.05, 4.69) is 21.4 Å². The minimum absolute atomic E-state index is 0.157. The molecule has 1 aromatic carbocycles. The minimum atomic E-state index is -0.186. The number of hydrogen-bond donors (Lipinski definition) is 2. The minimum Gasteiger partial charge on any atom is -0.394 e. The molecule has 0 saturated heterocycles. The molecule has 5 heteroatoms. The van der Waals surface area contributed by atoms with Crippen LogP contribution in [0.15, 0.2) is 35.6 Å². The van der Waals surface area contributed by atoms with Gasteiger partial charge in [-0.05, 0) is 38.6 Å². The van der Waals surface area contributed by atoms with Crippen LogP contribution in [0.5, 0.6) is 0 Å². The molecule has 0 bridgehead atoms. The third-order valence-electron chi connectivity index (χ3n) is 3.57. The second kappa shape index (κ2) is 7.02. The van der Waals surface area contributed by atoms with E-state index < -0.39 is 0 Å². The quantitative estimate of drug-likeness (QED) is 0.466. The molecule has 0 radical (unpaired) electrons. The maximum atomic E-state index is 9.35. The van der Waals surface area contributed by atoms with Crippen LogP contribution in [-0.4, -0.2) is 40.0 Å². The first kappa shape index (κ1) is 15.2. The summed E-state index contributed by atoms with van der Waals surface area (Å²) in [7, 11) is 1.89. The average Bonchev–Trinajstić information content (AvgIpc) is 2.51. The summed E-state index contributed by atoms with van der Waals surface area (Å²) < 4.78 is 0. The zero-order valence-corrected chi connectivity index (χ0v) is 12.8. The van der Waals surface area contributed by atoms with Crippen LogP contribution in [0.2, 0.25) is 0 Å². The molecular formula is C15H21N3OS. The van der Waals surface area contributed by atoms with E-state index in [4.69, 9.17) is 0 Å². The highest BCUT2D eigenvalue weighted by atomic mass is 32.2. The Morgan fingerprint density at radius 2 is 2.10 bits per heavy atom. The van der Waals surface area contributed by atoms with Crippen molar-refractivity contribution in [3.8, 4) is 0 Å². The van der Waals surface area contributed by atoms with E-state index in [0.29, 0.717) is 0 Å². The number of nitrogens with zero attached hydrogens (tertiary/aromatic N) is 2. The lowest BCUT2D eigenvalue weighted by Crippen LogP contribution is -2.43. The number of para-hydroxylation sites is 1. The predicted molar refractivity (Wildman–Crippen MR) is 84.0 cm³/mol. The Hall–Kier alpha value is -1.17. The van der Waals surface area contributed by atoms with Crippen molar-refractivity contribution in [1.82, 2.24) is 15.3 Å². The molecule has 0 aliphatic heterocycles. The van der Waals surface area contributed by atoms with Crippen molar-refractivity contribution in [1.29, 1.82) is 0 Å². The van der Waals surface area contributed by atoms with Crippen molar-refractivity contribution in [2.24, 2.45) is 0 Å². The van der Waals surface area contributed by atoms with E-state index in [0.717, 1.165) is 34.5 Å². The summed E-state index contributed by atoms with van der Waals surface area (Å²) in [6, 6.07) is 8.07.